The number of alkyl carbamates (subject to hydrolysis) is 1. The van der Waals surface area contributed by atoms with Crippen LogP contribution in [0, 0.1) is 6.92 Å². The van der Waals surface area contributed by atoms with Crippen LogP contribution in [0.2, 0.25) is 0 Å². The van der Waals surface area contributed by atoms with Crippen LogP contribution in [-0.4, -0.2) is 28.8 Å². The minimum atomic E-state index is -1.14. The zero-order valence-electron chi connectivity index (χ0n) is 11.5. The van der Waals surface area contributed by atoms with Gasteiger partial charge in [0.1, 0.15) is 17.4 Å². The molecule has 1 rings (SSSR count). The van der Waals surface area contributed by atoms with Crippen molar-refractivity contribution in [2.75, 3.05) is 0 Å². The van der Waals surface area contributed by atoms with Gasteiger partial charge in [0, 0.05) is 6.42 Å². The SMILES string of the molecule is Cc1ccoc1CC(NC(=O)OC(C)(C)C)C(=O)O. The van der Waals surface area contributed by atoms with Gasteiger partial charge in [-0.25, -0.2) is 9.59 Å². The van der Waals surface area contributed by atoms with Crippen molar-refractivity contribution < 1.29 is 23.8 Å². The maximum atomic E-state index is 11.6. The summed E-state index contributed by atoms with van der Waals surface area (Å²) in [4.78, 5) is 22.7. The Balaban J connectivity index is 2.67. The molecule has 1 atom stereocenters. The molecule has 1 aromatic heterocycles. The molecule has 0 aliphatic heterocycles. The molecule has 0 saturated heterocycles. The Morgan fingerprint density at radius 3 is 2.53 bits per heavy atom. The molecule has 0 aliphatic rings. The van der Waals surface area contributed by atoms with E-state index in [1.165, 1.54) is 6.26 Å². The number of amides is 1. The summed E-state index contributed by atoms with van der Waals surface area (Å²) in [6, 6.07) is 0.654. The molecule has 6 nitrogen and oxygen atoms in total. The predicted molar refractivity (Wildman–Crippen MR) is 67.9 cm³/mol. The highest BCUT2D eigenvalue weighted by Crippen LogP contribution is 2.12. The smallest absolute Gasteiger partial charge is 0.408 e. The molecule has 1 unspecified atom stereocenters. The van der Waals surface area contributed by atoms with E-state index in [0.717, 1.165) is 5.56 Å². The highest BCUT2D eigenvalue weighted by Gasteiger charge is 2.25. The maximum Gasteiger partial charge on any atom is 0.408 e. The Hall–Kier alpha value is -1.98. The normalized spacial score (nSPS) is 12.8. The molecule has 0 fully saturated rings. The van der Waals surface area contributed by atoms with E-state index in [1.54, 1.807) is 26.8 Å². The fourth-order valence-electron chi connectivity index (χ4n) is 1.45. The number of furan rings is 1. The Labute approximate surface area is 111 Å². The third-order valence-electron chi connectivity index (χ3n) is 2.35. The molecule has 2 N–H and O–H groups in total. The number of nitrogens with one attached hydrogen (secondary N) is 1. The summed E-state index contributed by atoms with van der Waals surface area (Å²) >= 11 is 0. The molecule has 0 bridgehead atoms. The van der Waals surface area contributed by atoms with Gasteiger partial charge in [-0.2, -0.15) is 0 Å². The van der Waals surface area contributed by atoms with Crippen LogP contribution in [0.25, 0.3) is 0 Å². The second-order valence-electron chi connectivity index (χ2n) is 5.27. The van der Waals surface area contributed by atoms with E-state index < -0.39 is 23.7 Å². The van der Waals surface area contributed by atoms with Crippen LogP contribution in [0.3, 0.4) is 0 Å². The Bertz CT molecular complexity index is 458. The van der Waals surface area contributed by atoms with Crippen molar-refractivity contribution in [3.8, 4) is 0 Å². The minimum Gasteiger partial charge on any atom is -0.480 e. The topological polar surface area (TPSA) is 88.8 Å². The van der Waals surface area contributed by atoms with E-state index in [-0.39, 0.29) is 6.42 Å². The van der Waals surface area contributed by atoms with Gasteiger partial charge >= 0.3 is 12.1 Å². The molecule has 0 aromatic carbocycles. The molecule has 1 heterocycles. The number of ether oxygens (including phenoxy) is 1. The molecule has 0 spiro atoms. The van der Waals surface area contributed by atoms with Crippen LogP contribution in [0.1, 0.15) is 32.1 Å². The van der Waals surface area contributed by atoms with E-state index >= 15 is 0 Å². The van der Waals surface area contributed by atoms with Crippen molar-refractivity contribution in [2.45, 2.75) is 45.8 Å². The molecule has 0 saturated carbocycles. The number of hydrogen-bond donors (Lipinski definition) is 2. The van der Waals surface area contributed by atoms with Gasteiger partial charge in [0.05, 0.1) is 6.26 Å². The van der Waals surface area contributed by atoms with Crippen molar-refractivity contribution in [3.05, 3.63) is 23.7 Å². The Morgan fingerprint density at radius 2 is 2.11 bits per heavy atom. The van der Waals surface area contributed by atoms with Gasteiger partial charge in [0.2, 0.25) is 0 Å². The minimum absolute atomic E-state index is 0.0768. The first-order valence-electron chi connectivity index (χ1n) is 5.94. The van der Waals surface area contributed by atoms with Crippen LogP contribution in [-0.2, 0) is 16.0 Å². The lowest BCUT2D eigenvalue weighted by atomic mass is 10.1. The Kier molecular flexibility index (Phi) is 4.58. The number of aryl methyl sites for hydroxylation is 1. The molecule has 19 heavy (non-hydrogen) atoms. The lowest BCUT2D eigenvalue weighted by molar-refractivity contribution is -0.139. The number of carboxylic acids is 1. The average molecular weight is 269 g/mol. The van der Waals surface area contributed by atoms with Gasteiger partial charge in [-0.3, -0.25) is 0 Å². The maximum absolute atomic E-state index is 11.6. The quantitative estimate of drug-likeness (QED) is 0.873. The number of hydrogen-bond acceptors (Lipinski definition) is 4. The van der Waals surface area contributed by atoms with Gasteiger partial charge in [-0.1, -0.05) is 0 Å². The summed E-state index contributed by atoms with van der Waals surface area (Å²) < 4.78 is 10.2. The second-order valence-corrected chi connectivity index (χ2v) is 5.27. The van der Waals surface area contributed by atoms with Crippen LogP contribution < -0.4 is 5.32 Å². The van der Waals surface area contributed by atoms with Crippen molar-refractivity contribution in [3.63, 3.8) is 0 Å². The highest BCUT2D eigenvalue weighted by atomic mass is 16.6. The molecule has 0 radical (unpaired) electrons. The Morgan fingerprint density at radius 1 is 1.47 bits per heavy atom. The summed E-state index contributed by atoms with van der Waals surface area (Å²) in [5, 5.41) is 11.4. The first-order valence-corrected chi connectivity index (χ1v) is 5.94. The monoisotopic (exact) mass is 269 g/mol. The number of carbonyl (C=O) groups is 2. The first-order chi connectivity index (χ1) is 8.69. The van der Waals surface area contributed by atoms with Crippen molar-refractivity contribution in [1.29, 1.82) is 0 Å². The van der Waals surface area contributed by atoms with E-state index in [4.69, 9.17) is 14.3 Å². The molecule has 106 valence electrons. The third kappa shape index (κ3) is 5.03. The van der Waals surface area contributed by atoms with Gasteiger partial charge in [0.15, 0.2) is 0 Å². The summed E-state index contributed by atoms with van der Waals surface area (Å²) in [6.45, 7) is 6.93. The summed E-state index contributed by atoms with van der Waals surface area (Å²) in [5.41, 5.74) is 0.172. The number of carboxylic acid groups (broad SMARTS) is 1. The highest BCUT2D eigenvalue weighted by molar-refractivity contribution is 5.80. The van der Waals surface area contributed by atoms with E-state index in [9.17, 15) is 9.59 Å². The molecule has 0 aliphatic carbocycles. The predicted octanol–water partition coefficient (Wildman–Crippen LogP) is 2.11. The second kappa shape index (κ2) is 5.77. The standard InChI is InChI=1S/C13H19NO5/c1-8-5-6-18-10(8)7-9(11(15)16)14-12(17)19-13(2,3)4/h5-6,9H,7H2,1-4H3,(H,14,17)(H,15,16). The van der Waals surface area contributed by atoms with Crippen molar-refractivity contribution in [1.82, 2.24) is 5.32 Å². The average Bonchev–Trinajstić information content (AvgIpc) is 2.60. The molecule has 6 heteroatoms. The summed E-state index contributed by atoms with van der Waals surface area (Å²) in [5.74, 6) is -0.606. The van der Waals surface area contributed by atoms with E-state index in [2.05, 4.69) is 5.32 Å². The third-order valence-corrected chi connectivity index (χ3v) is 2.35. The van der Waals surface area contributed by atoms with E-state index in [1.807, 2.05) is 6.92 Å². The van der Waals surface area contributed by atoms with Gasteiger partial charge in [0.25, 0.3) is 0 Å². The van der Waals surface area contributed by atoms with Gasteiger partial charge < -0.3 is 19.6 Å². The summed E-state index contributed by atoms with van der Waals surface area (Å²) in [7, 11) is 0. The van der Waals surface area contributed by atoms with Crippen LogP contribution >= 0.6 is 0 Å². The van der Waals surface area contributed by atoms with Gasteiger partial charge in [-0.05, 0) is 39.3 Å². The summed E-state index contributed by atoms with van der Waals surface area (Å²) in [6.07, 6.45) is 0.800. The lowest BCUT2D eigenvalue weighted by Gasteiger charge is -2.21. The first kappa shape index (κ1) is 15.1. The van der Waals surface area contributed by atoms with Crippen molar-refractivity contribution >= 4 is 12.1 Å². The largest absolute Gasteiger partial charge is 0.480 e. The van der Waals surface area contributed by atoms with E-state index in [0.29, 0.717) is 5.76 Å². The molecular weight excluding hydrogens is 250 g/mol. The zero-order chi connectivity index (χ0) is 14.6. The van der Waals surface area contributed by atoms with Gasteiger partial charge in [-0.15, -0.1) is 0 Å². The zero-order valence-corrected chi connectivity index (χ0v) is 11.5. The number of carbonyl (C=O) groups excluding carboxylic acids is 1. The van der Waals surface area contributed by atoms with Crippen LogP contribution in [0.4, 0.5) is 4.79 Å². The molecule has 1 amide bonds. The van der Waals surface area contributed by atoms with Crippen LogP contribution in [0.5, 0.6) is 0 Å². The molecular formula is C13H19NO5. The fraction of sp³-hybridized carbons (Fsp3) is 0.538. The van der Waals surface area contributed by atoms with Crippen LogP contribution in [0.15, 0.2) is 16.7 Å². The number of rotatable bonds is 4. The van der Waals surface area contributed by atoms with Crippen molar-refractivity contribution in [2.24, 2.45) is 0 Å². The lowest BCUT2D eigenvalue weighted by Crippen LogP contribution is -2.44. The molecule has 1 aromatic rings. The fourth-order valence-corrected chi connectivity index (χ4v) is 1.45. The number of aliphatic carboxylic acids is 1.